The van der Waals surface area contributed by atoms with Crippen molar-refractivity contribution in [3.05, 3.63) is 66.2 Å². The SMILES string of the molecule is O=S(=O)(Cc1ccccc1)N1CCCC(OCc2noc(-c3cccnc3)n2)C1. The minimum Gasteiger partial charge on any atom is -0.369 e. The molecule has 2 aromatic heterocycles. The molecule has 3 aromatic rings. The molecule has 0 bridgehead atoms. The highest BCUT2D eigenvalue weighted by Gasteiger charge is 2.29. The van der Waals surface area contributed by atoms with E-state index >= 15 is 0 Å². The Hall–Kier alpha value is -2.62. The van der Waals surface area contributed by atoms with Crippen LogP contribution in [0.25, 0.3) is 11.5 Å². The van der Waals surface area contributed by atoms with E-state index < -0.39 is 10.0 Å². The molecule has 1 aliphatic heterocycles. The van der Waals surface area contributed by atoms with Crippen molar-refractivity contribution in [2.75, 3.05) is 13.1 Å². The molecule has 0 saturated carbocycles. The minimum absolute atomic E-state index is 0.000126. The van der Waals surface area contributed by atoms with E-state index in [2.05, 4.69) is 15.1 Å². The molecule has 0 amide bonds. The van der Waals surface area contributed by atoms with E-state index in [0.717, 1.165) is 24.0 Å². The molecule has 1 saturated heterocycles. The highest BCUT2D eigenvalue weighted by atomic mass is 32.2. The van der Waals surface area contributed by atoms with Crippen LogP contribution in [0.4, 0.5) is 0 Å². The lowest BCUT2D eigenvalue weighted by molar-refractivity contribution is 0.00435. The molecule has 4 rings (SSSR count). The van der Waals surface area contributed by atoms with Crippen molar-refractivity contribution in [3.8, 4) is 11.5 Å². The summed E-state index contributed by atoms with van der Waals surface area (Å²) < 4.78 is 38.2. The quantitative estimate of drug-likeness (QED) is 0.586. The van der Waals surface area contributed by atoms with Gasteiger partial charge in [-0.25, -0.2) is 8.42 Å². The highest BCUT2D eigenvalue weighted by molar-refractivity contribution is 7.88. The lowest BCUT2D eigenvalue weighted by atomic mass is 10.1. The fourth-order valence-corrected chi connectivity index (χ4v) is 4.88. The topological polar surface area (TPSA) is 98.4 Å². The Morgan fingerprint density at radius 1 is 1.17 bits per heavy atom. The molecule has 1 unspecified atom stereocenters. The van der Waals surface area contributed by atoms with Crippen molar-refractivity contribution in [2.24, 2.45) is 0 Å². The zero-order valence-corrected chi connectivity index (χ0v) is 16.7. The van der Waals surface area contributed by atoms with Crippen molar-refractivity contribution < 1.29 is 17.7 Å². The molecule has 0 aliphatic carbocycles. The van der Waals surface area contributed by atoms with E-state index in [1.54, 1.807) is 18.5 Å². The van der Waals surface area contributed by atoms with Gasteiger partial charge in [-0.05, 0) is 30.5 Å². The lowest BCUT2D eigenvalue weighted by Crippen LogP contribution is -2.43. The largest absolute Gasteiger partial charge is 0.369 e. The van der Waals surface area contributed by atoms with Crippen molar-refractivity contribution >= 4 is 10.0 Å². The molecule has 9 heteroatoms. The van der Waals surface area contributed by atoms with Crippen LogP contribution < -0.4 is 0 Å². The molecule has 1 atom stereocenters. The van der Waals surface area contributed by atoms with Crippen molar-refractivity contribution in [1.29, 1.82) is 0 Å². The third kappa shape index (κ3) is 5.06. The van der Waals surface area contributed by atoms with Crippen LogP contribution in [-0.2, 0) is 27.1 Å². The van der Waals surface area contributed by atoms with E-state index in [0.29, 0.717) is 24.8 Å². The lowest BCUT2D eigenvalue weighted by Gasteiger charge is -2.31. The minimum atomic E-state index is -3.39. The third-order valence-electron chi connectivity index (χ3n) is 4.75. The van der Waals surface area contributed by atoms with Crippen LogP contribution in [0.3, 0.4) is 0 Å². The average molecular weight is 414 g/mol. The molecule has 152 valence electrons. The molecule has 0 N–H and O–H groups in total. The van der Waals surface area contributed by atoms with Gasteiger partial charge in [-0.2, -0.15) is 9.29 Å². The van der Waals surface area contributed by atoms with E-state index in [1.807, 2.05) is 36.4 Å². The Morgan fingerprint density at radius 3 is 2.83 bits per heavy atom. The summed E-state index contributed by atoms with van der Waals surface area (Å²) in [5.41, 5.74) is 1.52. The van der Waals surface area contributed by atoms with E-state index in [4.69, 9.17) is 9.26 Å². The molecule has 0 spiro atoms. The monoisotopic (exact) mass is 414 g/mol. The Morgan fingerprint density at radius 2 is 2.03 bits per heavy atom. The Kier molecular flexibility index (Phi) is 5.98. The van der Waals surface area contributed by atoms with Crippen LogP contribution in [0.2, 0.25) is 0 Å². The maximum Gasteiger partial charge on any atom is 0.259 e. The summed E-state index contributed by atoms with van der Waals surface area (Å²) in [5.74, 6) is 0.806. The van der Waals surface area contributed by atoms with Gasteiger partial charge in [-0.1, -0.05) is 35.5 Å². The summed E-state index contributed by atoms with van der Waals surface area (Å²) in [6.07, 6.45) is 4.67. The van der Waals surface area contributed by atoms with Gasteiger partial charge in [0.15, 0.2) is 5.82 Å². The van der Waals surface area contributed by atoms with Crippen molar-refractivity contribution in [2.45, 2.75) is 31.3 Å². The number of hydrogen-bond donors (Lipinski definition) is 0. The van der Waals surface area contributed by atoms with Gasteiger partial charge < -0.3 is 9.26 Å². The number of sulfonamides is 1. The first-order valence-electron chi connectivity index (χ1n) is 9.46. The van der Waals surface area contributed by atoms with E-state index in [9.17, 15) is 8.42 Å². The van der Waals surface area contributed by atoms with Gasteiger partial charge in [-0.3, -0.25) is 4.98 Å². The van der Waals surface area contributed by atoms with Crippen LogP contribution in [-0.4, -0.2) is 47.0 Å². The van der Waals surface area contributed by atoms with Crippen molar-refractivity contribution in [1.82, 2.24) is 19.4 Å². The van der Waals surface area contributed by atoms with Gasteiger partial charge in [0.25, 0.3) is 5.89 Å². The first-order valence-corrected chi connectivity index (χ1v) is 11.1. The summed E-state index contributed by atoms with van der Waals surface area (Å²) in [6, 6.07) is 12.8. The Bertz CT molecular complexity index is 1020. The van der Waals surface area contributed by atoms with Crippen LogP contribution in [0, 0.1) is 0 Å². The number of aromatic nitrogens is 3. The fourth-order valence-electron chi connectivity index (χ4n) is 3.28. The van der Waals surface area contributed by atoms with Gasteiger partial charge in [0.05, 0.1) is 17.4 Å². The predicted octanol–water partition coefficient (Wildman–Crippen LogP) is 2.64. The van der Waals surface area contributed by atoms with Crippen LogP contribution in [0.15, 0.2) is 59.4 Å². The number of rotatable bonds is 7. The second-order valence-corrected chi connectivity index (χ2v) is 8.90. The molecular weight excluding hydrogens is 392 g/mol. The van der Waals surface area contributed by atoms with Gasteiger partial charge in [0.1, 0.15) is 6.61 Å². The average Bonchev–Trinajstić information content (AvgIpc) is 3.23. The molecule has 1 aromatic carbocycles. The molecule has 1 fully saturated rings. The normalized spacial score (nSPS) is 18.0. The van der Waals surface area contributed by atoms with Crippen LogP contribution >= 0.6 is 0 Å². The molecule has 29 heavy (non-hydrogen) atoms. The number of benzene rings is 1. The van der Waals surface area contributed by atoms with Crippen LogP contribution in [0.1, 0.15) is 24.2 Å². The second kappa shape index (κ2) is 8.81. The summed E-state index contributed by atoms with van der Waals surface area (Å²) in [5, 5.41) is 3.93. The smallest absolute Gasteiger partial charge is 0.259 e. The number of pyridine rings is 1. The van der Waals surface area contributed by atoms with Gasteiger partial charge in [0.2, 0.25) is 10.0 Å². The van der Waals surface area contributed by atoms with Crippen LogP contribution in [0.5, 0.6) is 0 Å². The Balaban J connectivity index is 1.34. The maximum absolute atomic E-state index is 12.8. The highest BCUT2D eigenvalue weighted by Crippen LogP contribution is 2.21. The zero-order valence-electron chi connectivity index (χ0n) is 15.8. The maximum atomic E-state index is 12.8. The van der Waals surface area contributed by atoms with Gasteiger partial charge >= 0.3 is 0 Å². The molecule has 1 aliphatic rings. The summed E-state index contributed by atoms with van der Waals surface area (Å²) in [4.78, 5) is 8.34. The standard InChI is InChI=1S/C20H22N4O4S/c25-29(26,15-16-6-2-1-3-7-16)24-11-5-9-18(13-24)27-14-19-22-20(28-23-19)17-8-4-10-21-12-17/h1-4,6-8,10,12,18H,5,9,11,13-15H2. The third-order valence-corrected chi connectivity index (χ3v) is 6.57. The second-order valence-electron chi connectivity index (χ2n) is 6.93. The Labute approximate surface area is 169 Å². The van der Waals surface area contributed by atoms with Crippen molar-refractivity contribution in [3.63, 3.8) is 0 Å². The van der Waals surface area contributed by atoms with E-state index in [-0.39, 0.29) is 18.5 Å². The summed E-state index contributed by atoms with van der Waals surface area (Å²) in [6.45, 7) is 1.02. The van der Waals surface area contributed by atoms with E-state index in [1.165, 1.54) is 4.31 Å². The summed E-state index contributed by atoms with van der Waals surface area (Å²) >= 11 is 0. The van der Waals surface area contributed by atoms with Gasteiger partial charge in [0, 0.05) is 25.5 Å². The predicted molar refractivity (Wildman–Crippen MR) is 106 cm³/mol. The first kappa shape index (κ1) is 19.7. The van der Waals surface area contributed by atoms with Gasteiger partial charge in [-0.15, -0.1) is 0 Å². The molecular formula is C20H22N4O4S. The number of hydrogen-bond acceptors (Lipinski definition) is 7. The number of ether oxygens (including phenoxy) is 1. The first-order chi connectivity index (χ1) is 14.1. The molecule has 3 heterocycles. The molecule has 8 nitrogen and oxygen atoms in total. The zero-order chi connectivity index (χ0) is 20.1. The summed E-state index contributed by atoms with van der Waals surface area (Å²) in [7, 11) is -3.39. The number of nitrogens with zero attached hydrogens (tertiary/aromatic N) is 4. The molecule has 0 radical (unpaired) electrons. The number of piperidine rings is 1. The fraction of sp³-hybridized carbons (Fsp3) is 0.350.